The maximum absolute atomic E-state index is 11.0. The molecule has 0 saturated heterocycles. The number of rotatable bonds is 2. The molecule has 4 nitrogen and oxygen atoms in total. The molecule has 1 aromatic rings. The smallest absolute Gasteiger partial charge is 0.133 e. The summed E-state index contributed by atoms with van der Waals surface area (Å²) >= 11 is 0. The van der Waals surface area contributed by atoms with Crippen molar-refractivity contribution in [3.05, 3.63) is 18.3 Å². The monoisotopic (exact) mass is 205 g/mol. The van der Waals surface area contributed by atoms with E-state index in [2.05, 4.69) is 10.3 Å². The average Bonchev–Trinajstić information content (AvgIpc) is 2.25. The fraction of sp³-hybridized carbons (Fsp3) is 0.455. The normalized spacial score (nSPS) is 17.7. The Morgan fingerprint density at radius 1 is 1.33 bits per heavy atom. The molecule has 1 fully saturated rings. The van der Waals surface area contributed by atoms with Gasteiger partial charge in [0.15, 0.2) is 0 Å². The molecule has 1 aliphatic rings. The van der Waals surface area contributed by atoms with Crippen LogP contribution in [-0.2, 0) is 4.79 Å². The number of pyridine rings is 1. The maximum atomic E-state index is 11.0. The van der Waals surface area contributed by atoms with Crippen LogP contribution in [0.1, 0.15) is 25.7 Å². The molecule has 0 radical (unpaired) electrons. The summed E-state index contributed by atoms with van der Waals surface area (Å²) in [7, 11) is 0. The van der Waals surface area contributed by atoms with Gasteiger partial charge >= 0.3 is 0 Å². The second kappa shape index (κ2) is 4.29. The molecule has 80 valence electrons. The molecule has 0 amide bonds. The molecule has 3 N–H and O–H groups in total. The highest BCUT2D eigenvalue weighted by atomic mass is 16.1. The Morgan fingerprint density at radius 2 is 2.07 bits per heavy atom. The van der Waals surface area contributed by atoms with Crippen LogP contribution in [0.15, 0.2) is 18.3 Å². The number of nitrogens with one attached hydrogen (secondary N) is 1. The molecule has 1 aromatic heterocycles. The summed E-state index contributed by atoms with van der Waals surface area (Å²) in [6.45, 7) is 0. The Balaban J connectivity index is 1.91. The molecule has 0 aromatic carbocycles. The van der Waals surface area contributed by atoms with Gasteiger partial charge in [0.05, 0.1) is 11.9 Å². The van der Waals surface area contributed by atoms with Crippen LogP contribution in [0, 0.1) is 0 Å². The first-order chi connectivity index (χ1) is 7.24. The van der Waals surface area contributed by atoms with Crippen molar-refractivity contribution in [2.45, 2.75) is 31.7 Å². The van der Waals surface area contributed by atoms with Crippen LogP contribution in [-0.4, -0.2) is 16.8 Å². The second-order valence-electron chi connectivity index (χ2n) is 3.93. The number of nitrogens with zero attached hydrogens (tertiary/aromatic N) is 1. The van der Waals surface area contributed by atoms with Gasteiger partial charge < -0.3 is 11.1 Å². The van der Waals surface area contributed by atoms with Crippen LogP contribution in [0.25, 0.3) is 0 Å². The van der Waals surface area contributed by atoms with Gasteiger partial charge in [-0.1, -0.05) is 0 Å². The quantitative estimate of drug-likeness (QED) is 0.769. The topological polar surface area (TPSA) is 68.0 Å². The summed E-state index contributed by atoms with van der Waals surface area (Å²) in [5.74, 6) is 0.905. The lowest BCUT2D eigenvalue weighted by Gasteiger charge is -2.22. The maximum Gasteiger partial charge on any atom is 0.133 e. The number of anilines is 2. The first-order valence-corrected chi connectivity index (χ1v) is 5.24. The SMILES string of the molecule is Nc1ccc(NC2CCC(=O)CC2)cn1. The molecule has 0 atom stereocenters. The highest BCUT2D eigenvalue weighted by Gasteiger charge is 2.18. The van der Waals surface area contributed by atoms with E-state index in [1.807, 2.05) is 6.07 Å². The number of Topliss-reactive ketones (excluding diaryl/α,β-unsaturated/α-hetero) is 1. The van der Waals surface area contributed by atoms with E-state index in [4.69, 9.17) is 5.73 Å². The molecular formula is C11H15N3O. The minimum atomic E-state index is 0.378. The number of carbonyl (C=O) groups is 1. The number of hydrogen-bond donors (Lipinski definition) is 2. The van der Waals surface area contributed by atoms with E-state index in [9.17, 15) is 4.79 Å². The van der Waals surface area contributed by atoms with E-state index in [0.717, 1.165) is 18.5 Å². The van der Waals surface area contributed by atoms with Gasteiger partial charge in [-0.25, -0.2) is 4.98 Å². The molecule has 0 spiro atoms. The largest absolute Gasteiger partial charge is 0.384 e. The number of carbonyl (C=O) groups excluding carboxylic acids is 1. The van der Waals surface area contributed by atoms with Crippen molar-refractivity contribution in [3.8, 4) is 0 Å². The number of hydrogen-bond acceptors (Lipinski definition) is 4. The zero-order valence-electron chi connectivity index (χ0n) is 8.57. The van der Waals surface area contributed by atoms with Crippen LogP contribution in [0.3, 0.4) is 0 Å². The number of nitrogen functional groups attached to an aromatic ring is 1. The van der Waals surface area contributed by atoms with Gasteiger partial charge in [0.2, 0.25) is 0 Å². The molecule has 2 rings (SSSR count). The van der Waals surface area contributed by atoms with E-state index in [-0.39, 0.29) is 0 Å². The van der Waals surface area contributed by atoms with Crippen molar-refractivity contribution in [3.63, 3.8) is 0 Å². The van der Waals surface area contributed by atoms with Crippen LogP contribution in [0.2, 0.25) is 0 Å². The zero-order chi connectivity index (χ0) is 10.7. The number of aromatic nitrogens is 1. The van der Waals surface area contributed by atoms with Crippen LogP contribution >= 0.6 is 0 Å². The molecule has 1 saturated carbocycles. The Kier molecular flexibility index (Phi) is 2.85. The van der Waals surface area contributed by atoms with Crippen molar-refractivity contribution in [2.24, 2.45) is 0 Å². The van der Waals surface area contributed by atoms with Gasteiger partial charge in [-0.3, -0.25) is 4.79 Å². The predicted octanol–water partition coefficient (Wildman–Crippen LogP) is 1.59. The molecule has 15 heavy (non-hydrogen) atoms. The zero-order valence-corrected chi connectivity index (χ0v) is 8.57. The average molecular weight is 205 g/mol. The molecule has 1 heterocycles. The summed E-state index contributed by atoms with van der Waals surface area (Å²) in [6, 6.07) is 4.09. The van der Waals surface area contributed by atoms with E-state index < -0.39 is 0 Å². The summed E-state index contributed by atoms with van der Waals surface area (Å²) in [5, 5.41) is 3.36. The summed E-state index contributed by atoms with van der Waals surface area (Å²) in [4.78, 5) is 15.1. The first-order valence-electron chi connectivity index (χ1n) is 5.24. The lowest BCUT2D eigenvalue weighted by Crippen LogP contribution is -2.26. The Bertz CT molecular complexity index is 337. The van der Waals surface area contributed by atoms with E-state index >= 15 is 0 Å². The Morgan fingerprint density at radius 3 is 2.67 bits per heavy atom. The summed E-state index contributed by atoms with van der Waals surface area (Å²) in [5.41, 5.74) is 6.47. The molecule has 1 aliphatic carbocycles. The number of nitrogens with two attached hydrogens (primary N) is 1. The molecule has 0 aliphatic heterocycles. The van der Waals surface area contributed by atoms with Crippen LogP contribution in [0.5, 0.6) is 0 Å². The molecular weight excluding hydrogens is 190 g/mol. The van der Waals surface area contributed by atoms with E-state index in [0.29, 0.717) is 30.5 Å². The highest BCUT2D eigenvalue weighted by molar-refractivity contribution is 5.79. The van der Waals surface area contributed by atoms with E-state index in [1.54, 1.807) is 12.3 Å². The van der Waals surface area contributed by atoms with Crippen LogP contribution in [0.4, 0.5) is 11.5 Å². The standard InChI is InChI=1S/C11H15N3O/c12-11-6-3-9(7-13-11)14-8-1-4-10(15)5-2-8/h3,6-8,14H,1-2,4-5H2,(H2,12,13). The first kappa shape index (κ1) is 9.96. The minimum Gasteiger partial charge on any atom is -0.384 e. The minimum absolute atomic E-state index is 0.378. The third kappa shape index (κ3) is 2.68. The summed E-state index contributed by atoms with van der Waals surface area (Å²) in [6.07, 6.45) is 4.96. The highest BCUT2D eigenvalue weighted by Crippen LogP contribution is 2.19. The second-order valence-corrected chi connectivity index (χ2v) is 3.93. The molecule has 0 bridgehead atoms. The Hall–Kier alpha value is -1.58. The van der Waals surface area contributed by atoms with Gasteiger partial charge in [0, 0.05) is 18.9 Å². The van der Waals surface area contributed by atoms with Crippen molar-refractivity contribution in [1.82, 2.24) is 4.98 Å². The van der Waals surface area contributed by atoms with Gasteiger partial charge in [0.25, 0.3) is 0 Å². The third-order valence-electron chi connectivity index (χ3n) is 2.70. The number of ketones is 1. The van der Waals surface area contributed by atoms with Gasteiger partial charge in [-0.2, -0.15) is 0 Å². The molecule has 0 unspecified atom stereocenters. The van der Waals surface area contributed by atoms with E-state index in [1.165, 1.54) is 0 Å². The lowest BCUT2D eigenvalue weighted by atomic mass is 9.94. The van der Waals surface area contributed by atoms with Crippen molar-refractivity contribution < 1.29 is 4.79 Å². The van der Waals surface area contributed by atoms with Crippen LogP contribution < -0.4 is 11.1 Å². The third-order valence-corrected chi connectivity index (χ3v) is 2.70. The van der Waals surface area contributed by atoms with Crippen molar-refractivity contribution in [2.75, 3.05) is 11.1 Å². The lowest BCUT2D eigenvalue weighted by molar-refractivity contribution is -0.120. The fourth-order valence-corrected chi connectivity index (χ4v) is 1.81. The fourth-order valence-electron chi connectivity index (χ4n) is 1.81. The molecule has 4 heteroatoms. The van der Waals surface area contributed by atoms with Gasteiger partial charge in [0.1, 0.15) is 11.6 Å². The van der Waals surface area contributed by atoms with Crippen molar-refractivity contribution in [1.29, 1.82) is 0 Å². The Labute approximate surface area is 88.9 Å². The van der Waals surface area contributed by atoms with Gasteiger partial charge in [-0.15, -0.1) is 0 Å². The van der Waals surface area contributed by atoms with Gasteiger partial charge in [-0.05, 0) is 25.0 Å². The van der Waals surface area contributed by atoms with Crippen molar-refractivity contribution >= 4 is 17.3 Å². The predicted molar refractivity (Wildman–Crippen MR) is 59.5 cm³/mol. The summed E-state index contributed by atoms with van der Waals surface area (Å²) < 4.78 is 0.